The molecule has 1 N–H and O–H groups in total. The van der Waals surface area contributed by atoms with Crippen LogP contribution < -0.4 is 0 Å². The van der Waals surface area contributed by atoms with Gasteiger partial charge in [-0.3, -0.25) is 0 Å². The van der Waals surface area contributed by atoms with E-state index >= 15 is 0 Å². The highest BCUT2D eigenvalue weighted by atomic mass is 32.2. The summed E-state index contributed by atoms with van der Waals surface area (Å²) in [6, 6.07) is 27.9. The molecule has 0 spiro atoms. The zero-order chi connectivity index (χ0) is 15.2. The van der Waals surface area contributed by atoms with Gasteiger partial charge in [-0.15, -0.1) is 0 Å². The van der Waals surface area contributed by atoms with Crippen LogP contribution in [0, 0.1) is 0 Å². The lowest BCUT2D eigenvalue weighted by Gasteiger charge is -2.10. The van der Waals surface area contributed by atoms with Crippen molar-refractivity contribution in [2.75, 3.05) is 0 Å². The van der Waals surface area contributed by atoms with E-state index in [1.165, 1.54) is 0 Å². The van der Waals surface area contributed by atoms with Gasteiger partial charge in [0.1, 0.15) is 5.71 Å². The molecule has 0 bridgehead atoms. The summed E-state index contributed by atoms with van der Waals surface area (Å²) in [6.07, 6.45) is 0. The van der Waals surface area contributed by atoms with Crippen LogP contribution in [0.5, 0.6) is 0 Å². The minimum atomic E-state index is 0.583. The van der Waals surface area contributed by atoms with E-state index in [-0.39, 0.29) is 0 Å². The maximum atomic E-state index is 9.50. The number of oxime groups is 1. The molecule has 3 rings (SSSR count). The topological polar surface area (TPSA) is 32.6 Å². The molecule has 0 atom stereocenters. The Labute approximate surface area is 134 Å². The quantitative estimate of drug-likeness (QED) is 0.415. The predicted octanol–water partition coefficient (Wildman–Crippen LogP) is 5.06. The number of hydrogen-bond donors (Lipinski definition) is 1. The Hall–Kier alpha value is -2.52. The van der Waals surface area contributed by atoms with Gasteiger partial charge in [0, 0.05) is 20.9 Å². The summed E-state index contributed by atoms with van der Waals surface area (Å²) in [5, 5.41) is 13.0. The van der Waals surface area contributed by atoms with E-state index in [1.807, 2.05) is 72.8 Å². The molecule has 0 heterocycles. The number of nitrogens with zero attached hydrogens (tertiary/aromatic N) is 1. The van der Waals surface area contributed by atoms with Gasteiger partial charge in [-0.2, -0.15) is 0 Å². The van der Waals surface area contributed by atoms with Crippen molar-refractivity contribution in [3.63, 3.8) is 0 Å². The summed E-state index contributed by atoms with van der Waals surface area (Å²) in [6.45, 7) is 0. The molecule has 108 valence electrons. The van der Waals surface area contributed by atoms with Crippen LogP contribution in [0.3, 0.4) is 0 Å². The fourth-order valence-corrected chi connectivity index (χ4v) is 3.20. The SMILES string of the molecule is O/N=C(\c1ccccc1)c1ccccc1Sc1ccccc1. The zero-order valence-electron chi connectivity index (χ0n) is 11.9. The maximum absolute atomic E-state index is 9.50. The molecule has 2 nitrogen and oxygen atoms in total. The number of rotatable bonds is 4. The largest absolute Gasteiger partial charge is 0.410 e. The minimum absolute atomic E-state index is 0.583. The Balaban J connectivity index is 2.01. The molecule has 3 aromatic rings. The van der Waals surface area contributed by atoms with Gasteiger partial charge >= 0.3 is 0 Å². The van der Waals surface area contributed by atoms with Crippen LogP contribution in [-0.2, 0) is 0 Å². The lowest BCUT2D eigenvalue weighted by molar-refractivity contribution is 0.319. The molecule has 0 aromatic heterocycles. The van der Waals surface area contributed by atoms with Gasteiger partial charge in [0.05, 0.1) is 0 Å². The molecule has 0 unspecified atom stereocenters. The van der Waals surface area contributed by atoms with E-state index < -0.39 is 0 Å². The highest BCUT2D eigenvalue weighted by Crippen LogP contribution is 2.31. The van der Waals surface area contributed by atoms with E-state index in [9.17, 15) is 5.21 Å². The highest BCUT2D eigenvalue weighted by molar-refractivity contribution is 7.99. The number of benzene rings is 3. The van der Waals surface area contributed by atoms with E-state index in [1.54, 1.807) is 11.8 Å². The van der Waals surface area contributed by atoms with E-state index in [2.05, 4.69) is 17.3 Å². The second-order valence-electron chi connectivity index (χ2n) is 4.73. The van der Waals surface area contributed by atoms with Crippen molar-refractivity contribution in [2.24, 2.45) is 5.16 Å². The summed E-state index contributed by atoms with van der Waals surface area (Å²) in [5.41, 5.74) is 2.40. The lowest BCUT2D eigenvalue weighted by Crippen LogP contribution is -2.04. The van der Waals surface area contributed by atoms with Gasteiger partial charge in [-0.05, 0) is 18.2 Å². The zero-order valence-corrected chi connectivity index (χ0v) is 12.7. The van der Waals surface area contributed by atoms with Gasteiger partial charge in [-0.25, -0.2) is 0 Å². The summed E-state index contributed by atoms with van der Waals surface area (Å²) in [5.74, 6) is 0. The molecule has 0 fully saturated rings. The van der Waals surface area contributed by atoms with Gasteiger partial charge in [0.15, 0.2) is 0 Å². The Morgan fingerprint density at radius 3 is 2.00 bits per heavy atom. The molecule has 3 aromatic carbocycles. The summed E-state index contributed by atoms with van der Waals surface area (Å²) in [4.78, 5) is 2.21. The van der Waals surface area contributed by atoms with Crippen molar-refractivity contribution in [3.05, 3.63) is 96.1 Å². The van der Waals surface area contributed by atoms with Crippen molar-refractivity contribution in [1.29, 1.82) is 0 Å². The van der Waals surface area contributed by atoms with Gasteiger partial charge < -0.3 is 5.21 Å². The second kappa shape index (κ2) is 6.96. The fraction of sp³-hybridized carbons (Fsp3) is 0. The third-order valence-electron chi connectivity index (χ3n) is 3.26. The van der Waals surface area contributed by atoms with Crippen LogP contribution in [0.25, 0.3) is 0 Å². The first-order valence-corrected chi connectivity index (χ1v) is 7.80. The van der Waals surface area contributed by atoms with Crippen LogP contribution in [0.4, 0.5) is 0 Å². The van der Waals surface area contributed by atoms with Crippen molar-refractivity contribution in [2.45, 2.75) is 9.79 Å². The van der Waals surface area contributed by atoms with Crippen LogP contribution in [0.1, 0.15) is 11.1 Å². The smallest absolute Gasteiger partial charge is 0.118 e. The Bertz CT molecular complexity index is 770. The second-order valence-corrected chi connectivity index (χ2v) is 5.84. The Kier molecular flexibility index (Phi) is 4.56. The van der Waals surface area contributed by atoms with Crippen LogP contribution in [0.15, 0.2) is 99.9 Å². The highest BCUT2D eigenvalue weighted by Gasteiger charge is 2.12. The first kappa shape index (κ1) is 14.4. The third-order valence-corrected chi connectivity index (χ3v) is 4.34. The molecular weight excluding hydrogens is 290 g/mol. The molecule has 0 saturated carbocycles. The minimum Gasteiger partial charge on any atom is -0.410 e. The predicted molar refractivity (Wildman–Crippen MR) is 90.9 cm³/mol. The van der Waals surface area contributed by atoms with Gasteiger partial charge in [0.2, 0.25) is 0 Å². The maximum Gasteiger partial charge on any atom is 0.118 e. The normalized spacial score (nSPS) is 11.4. The molecule has 0 aliphatic carbocycles. The van der Waals surface area contributed by atoms with E-state index in [4.69, 9.17) is 0 Å². The molecule has 0 aliphatic rings. The average molecular weight is 305 g/mol. The van der Waals surface area contributed by atoms with Crippen LogP contribution in [-0.4, -0.2) is 10.9 Å². The van der Waals surface area contributed by atoms with Crippen molar-refractivity contribution >= 4 is 17.5 Å². The molecular formula is C19H15NOS. The van der Waals surface area contributed by atoms with E-state index in [0.29, 0.717) is 5.71 Å². The van der Waals surface area contributed by atoms with E-state index in [0.717, 1.165) is 20.9 Å². The van der Waals surface area contributed by atoms with Crippen molar-refractivity contribution in [1.82, 2.24) is 0 Å². The number of hydrogen-bond acceptors (Lipinski definition) is 3. The first-order valence-electron chi connectivity index (χ1n) is 6.98. The molecule has 0 radical (unpaired) electrons. The van der Waals surface area contributed by atoms with Crippen molar-refractivity contribution < 1.29 is 5.21 Å². The fourth-order valence-electron chi connectivity index (χ4n) is 2.23. The lowest BCUT2D eigenvalue weighted by atomic mass is 10.0. The molecule has 22 heavy (non-hydrogen) atoms. The summed E-state index contributed by atoms with van der Waals surface area (Å²) in [7, 11) is 0. The molecule has 0 amide bonds. The average Bonchev–Trinajstić information content (AvgIpc) is 2.59. The summed E-state index contributed by atoms with van der Waals surface area (Å²) >= 11 is 1.66. The molecule has 0 aliphatic heterocycles. The van der Waals surface area contributed by atoms with Crippen LogP contribution in [0.2, 0.25) is 0 Å². The molecule has 0 saturated heterocycles. The van der Waals surface area contributed by atoms with Crippen LogP contribution >= 0.6 is 11.8 Å². The first-order chi connectivity index (χ1) is 10.9. The Morgan fingerprint density at radius 1 is 0.727 bits per heavy atom. The molecule has 3 heteroatoms. The Morgan fingerprint density at radius 2 is 1.32 bits per heavy atom. The van der Waals surface area contributed by atoms with Crippen molar-refractivity contribution in [3.8, 4) is 0 Å². The summed E-state index contributed by atoms with van der Waals surface area (Å²) < 4.78 is 0. The van der Waals surface area contributed by atoms with Gasteiger partial charge in [0.25, 0.3) is 0 Å². The monoisotopic (exact) mass is 305 g/mol. The standard InChI is InChI=1S/C19H15NOS/c21-20-19(15-9-3-1-4-10-15)17-13-7-8-14-18(17)22-16-11-5-2-6-12-16/h1-14,21H/b20-19+. The van der Waals surface area contributed by atoms with Gasteiger partial charge in [-0.1, -0.05) is 83.6 Å². The third kappa shape index (κ3) is 3.21.